The number of urea groups is 1. The van der Waals surface area contributed by atoms with Crippen LogP contribution in [-0.2, 0) is 11.2 Å². The molecule has 3 aromatic rings. The van der Waals surface area contributed by atoms with E-state index < -0.39 is 18.2 Å². The quantitative estimate of drug-likeness (QED) is 0.313. The number of hydrogen-bond acceptors (Lipinski definition) is 5. The Morgan fingerprint density at radius 3 is 2.76 bits per heavy atom. The lowest BCUT2D eigenvalue weighted by atomic mass is 9.81. The number of halogens is 2. The van der Waals surface area contributed by atoms with E-state index in [2.05, 4.69) is 15.0 Å². The highest BCUT2D eigenvalue weighted by Crippen LogP contribution is 2.49. The predicted octanol–water partition coefficient (Wildman–Crippen LogP) is 4.14. The molecular formula is C27H28F2N4O4. The van der Waals surface area contributed by atoms with E-state index in [9.17, 15) is 23.5 Å². The van der Waals surface area contributed by atoms with E-state index in [1.54, 1.807) is 42.2 Å². The summed E-state index contributed by atoms with van der Waals surface area (Å²) in [5.41, 5.74) is 1.57. The van der Waals surface area contributed by atoms with Crippen molar-refractivity contribution in [1.82, 2.24) is 20.1 Å². The number of carbonyl (C=O) groups excluding carboxylic acids is 2. The first kappa shape index (κ1) is 23.7. The number of hydrogen-bond donors (Lipinski definition) is 3. The maximum absolute atomic E-state index is 13.8. The first-order valence-electron chi connectivity index (χ1n) is 12.5. The average molecular weight is 511 g/mol. The van der Waals surface area contributed by atoms with Crippen molar-refractivity contribution in [1.29, 1.82) is 0 Å². The van der Waals surface area contributed by atoms with Gasteiger partial charge in [-0.1, -0.05) is 12.1 Å². The molecule has 2 fully saturated rings. The van der Waals surface area contributed by atoms with E-state index in [0.717, 1.165) is 12.1 Å². The molecule has 2 aliphatic heterocycles. The number of phenols is 1. The summed E-state index contributed by atoms with van der Waals surface area (Å²) < 4.78 is 30.4. The highest BCUT2D eigenvalue weighted by molar-refractivity contribution is 6.08. The number of ether oxygens (including phenoxy) is 1. The normalized spacial score (nSPS) is 23.2. The lowest BCUT2D eigenvalue weighted by Gasteiger charge is -2.42. The third-order valence-corrected chi connectivity index (χ3v) is 7.69. The molecule has 10 heteroatoms. The summed E-state index contributed by atoms with van der Waals surface area (Å²) in [7, 11) is 0. The minimum atomic E-state index is -2.96. The Kier molecular flexibility index (Phi) is 5.59. The van der Waals surface area contributed by atoms with Crippen molar-refractivity contribution in [2.24, 2.45) is 5.92 Å². The van der Waals surface area contributed by atoms with Crippen LogP contribution in [-0.4, -0.2) is 63.6 Å². The molecule has 1 saturated carbocycles. The number of carbonyl (C=O) groups is 2. The number of alkyl halides is 2. The molecule has 1 aromatic heterocycles. The molecule has 0 spiro atoms. The Balaban J connectivity index is 1.43. The van der Waals surface area contributed by atoms with Crippen LogP contribution in [0.5, 0.6) is 11.5 Å². The fourth-order valence-corrected chi connectivity index (χ4v) is 5.73. The third kappa shape index (κ3) is 3.99. The number of H-pyrrole nitrogens is 1. The SMILES string of the molecule is C[C@@]12Cc3c([nH]c4ccc(OC(F)F)cc34)[C@@H](c3cccc(O)c3)N1C(=O)N(CCNCC1CC1)C2=O. The number of rotatable bonds is 8. The van der Waals surface area contributed by atoms with Crippen LogP contribution in [0.4, 0.5) is 13.6 Å². The molecule has 0 unspecified atom stereocenters. The van der Waals surface area contributed by atoms with Crippen molar-refractivity contribution in [2.75, 3.05) is 19.6 Å². The van der Waals surface area contributed by atoms with E-state index in [0.29, 0.717) is 34.6 Å². The summed E-state index contributed by atoms with van der Waals surface area (Å²) in [6.45, 7) is 0.433. The van der Waals surface area contributed by atoms with E-state index in [1.807, 2.05) is 0 Å². The van der Waals surface area contributed by atoms with Crippen LogP contribution in [0.2, 0.25) is 0 Å². The number of phenolic OH excluding ortho intramolecular Hbond substituents is 1. The maximum Gasteiger partial charge on any atom is 0.387 e. The smallest absolute Gasteiger partial charge is 0.387 e. The molecule has 2 aromatic carbocycles. The number of aromatic amines is 1. The molecule has 8 nitrogen and oxygen atoms in total. The van der Waals surface area contributed by atoms with E-state index in [4.69, 9.17) is 0 Å². The topological polar surface area (TPSA) is 97.9 Å². The van der Waals surface area contributed by atoms with E-state index in [1.165, 1.54) is 29.9 Å². The van der Waals surface area contributed by atoms with Crippen molar-refractivity contribution in [3.63, 3.8) is 0 Å². The fourth-order valence-electron chi connectivity index (χ4n) is 5.73. The Bertz CT molecular complexity index is 1390. The second-order valence-electron chi connectivity index (χ2n) is 10.3. The maximum atomic E-state index is 13.8. The first-order valence-corrected chi connectivity index (χ1v) is 12.5. The summed E-state index contributed by atoms with van der Waals surface area (Å²) >= 11 is 0. The fraction of sp³-hybridized carbons (Fsp3) is 0.407. The largest absolute Gasteiger partial charge is 0.508 e. The van der Waals surface area contributed by atoms with Crippen molar-refractivity contribution >= 4 is 22.8 Å². The molecular weight excluding hydrogens is 482 g/mol. The summed E-state index contributed by atoms with van der Waals surface area (Å²) in [5, 5.41) is 14.2. The van der Waals surface area contributed by atoms with Gasteiger partial charge in [0.05, 0.1) is 0 Å². The van der Waals surface area contributed by atoms with E-state index >= 15 is 0 Å². The summed E-state index contributed by atoms with van der Waals surface area (Å²) in [6.07, 6.45) is 2.63. The highest BCUT2D eigenvalue weighted by atomic mass is 19.3. The lowest BCUT2D eigenvalue weighted by Crippen LogP contribution is -2.53. The van der Waals surface area contributed by atoms with Gasteiger partial charge in [0.25, 0.3) is 5.91 Å². The number of aromatic hydroxyl groups is 1. The van der Waals surface area contributed by atoms with Gasteiger partial charge < -0.3 is 20.1 Å². The van der Waals surface area contributed by atoms with Gasteiger partial charge in [0, 0.05) is 36.1 Å². The standard InChI is InChI=1S/C27H28F2N4O4/c1-27-13-20-19-12-18(37-25(28)29)7-8-21(19)31-22(20)23(16-3-2-4-17(34)11-16)33(27)26(36)32(24(27)35)10-9-30-14-15-5-6-15/h2-4,7-8,11-12,15,23,25,30-31,34H,5-6,9-10,13-14H2,1H3/t23-,27+/m1/s1. The molecule has 6 rings (SSSR count). The van der Waals surface area contributed by atoms with Gasteiger partial charge in [-0.3, -0.25) is 14.6 Å². The monoisotopic (exact) mass is 510 g/mol. The second-order valence-corrected chi connectivity index (χ2v) is 10.3. The molecule has 3 aliphatic rings. The predicted molar refractivity (Wildman–Crippen MR) is 132 cm³/mol. The number of imide groups is 1. The van der Waals surface area contributed by atoms with Gasteiger partial charge >= 0.3 is 12.6 Å². The lowest BCUT2D eigenvalue weighted by molar-refractivity contribution is -0.133. The summed E-state index contributed by atoms with van der Waals surface area (Å²) in [4.78, 5) is 33.8. The second kappa shape index (κ2) is 8.72. The number of nitrogens with zero attached hydrogens (tertiary/aromatic N) is 2. The zero-order valence-electron chi connectivity index (χ0n) is 20.3. The van der Waals surface area contributed by atoms with Gasteiger partial charge in [0.1, 0.15) is 23.1 Å². The molecule has 0 bridgehead atoms. The van der Waals surface area contributed by atoms with E-state index in [-0.39, 0.29) is 36.4 Å². The molecule has 3 amide bonds. The minimum absolute atomic E-state index is 0.0166. The van der Waals surface area contributed by atoms with Crippen molar-refractivity contribution in [3.8, 4) is 11.5 Å². The van der Waals surface area contributed by atoms with Crippen LogP contribution >= 0.6 is 0 Å². The van der Waals surface area contributed by atoms with Crippen LogP contribution < -0.4 is 10.1 Å². The van der Waals surface area contributed by atoms with Gasteiger partial charge in [-0.05, 0) is 73.7 Å². The van der Waals surface area contributed by atoms with Crippen molar-refractivity contribution in [2.45, 2.75) is 44.4 Å². The molecule has 37 heavy (non-hydrogen) atoms. The summed E-state index contributed by atoms with van der Waals surface area (Å²) in [6, 6.07) is 10.2. The minimum Gasteiger partial charge on any atom is -0.508 e. The van der Waals surface area contributed by atoms with Crippen LogP contribution in [0.3, 0.4) is 0 Å². The van der Waals surface area contributed by atoms with Gasteiger partial charge in [-0.2, -0.15) is 8.78 Å². The Morgan fingerprint density at radius 2 is 2.03 bits per heavy atom. The number of amides is 3. The molecule has 1 aliphatic carbocycles. The van der Waals surface area contributed by atoms with Crippen LogP contribution in [0, 0.1) is 5.92 Å². The number of aromatic nitrogens is 1. The molecule has 0 radical (unpaired) electrons. The molecule has 194 valence electrons. The van der Waals surface area contributed by atoms with Crippen molar-refractivity contribution in [3.05, 3.63) is 59.3 Å². The van der Waals surface area contributed by atoms with Crippen molar-refractivity contribution < 1.29 is 28.2 Å². The summed E-state index contributed by atoms with van der Waals surface area (Å²) in [5.74, 6) is 0.439. The third-order valence-electron chi connectivity index (χ3n) is 7.69. The Morgan fingerprint density at radius 1 is 1.22 bits per heavy atom. The van der Waals surface area contributed by atoms with Gasteiger partial charge in [-0.15, -0.1) is 0 Å². The van der Waals surface area contributed by atoms with Crippen LogP contribution in [0.25, 0.3) is 10.9 Å². The average Bonchev–Trinajstić information content (AvgIpc) is 3.58. The van der Waals surface area contributed by atoms with Gasteiger partial charge in [-0.25, -0.2) is 4.79 Å². The number of benzene rings is 2. The molecule has 3 N–H and O–H groups in total. The number of fused-ring (bicyclic) bond motifs is 4. The zero-order valence-corrected chi connectivity index (χ0v) is 20.3. The van der Waals surface area contributed by atoms with Crippen LogP contribution in [0.15, 0.2) is 42.5 Å². The first-order chi connectivity index (χ1) is 17.8. The number of nitrogens with one attached hydrogen (secondary N) is 2. The highest BCUT2D eigenvalue weighted by Gasteiger charge is 2.60. The zero-order chi connectivity index (χ0) is 25.9. The van der Waals surface area contributed by atoms with Crippen LogP contribution in [0.1, 0.15) is 42.6 Å². The Labute approximate surface area is 212 Å². The van der Waals surface area contributed by atoms with Gasteiger partial charge in [0.2, 0.25) is 0 Å². The Hall–Kier alpha value is -3.66. The van der Waals surface area contributed by atoms with Gasteiger partial charge in [0.15, 0.2) is 0 Å². The molecule has 3 heterocycles. The molecule has 2 atom stereocenters. The molecule has 1 saturated heterocycles.